The summed E-state index contributed by atoms with van der Waals surface area (Å²) in [4.78, 5) is 14.4. The predicted octanol–water partition coefficient (Wildman–Crippen LogP) is 1.64. The van der Waals surface area contributed by atoms with Crippen LogP contribution in [0.2, 0.25) is 0 Å². The number of rotatable bonds is 1. The molecule has 1 aromatic carbocycles. The number of aromatic carboxylic acids is 1. The molecule has 5 heteroatoms. The van der Waals surface area contributed by atoms with Crippen molar-refractivity contribution in [2.75, 3.05) is 0 Å². The molecule has 2 rings (SSSR count). The van der Waals surface area contributed by atoms with Gasteiger partial charge in [-0.25, -0.2) is 9.78 Å². The average Bonchev–Trinajstić information content (AvgIpc) is 2.18. The van der Waals surface area contributed by atoms with Crippen molar-refractivity contribution in [2.24, 2.45) is 0 Å². The number of nitrogens with zero attached hydrogens (tertiary/aromatic N) is 1. The van der Waals surface area contributed by atoms with Gasteiger partial charge in [0, 0.05) is 22.5 Å². The number of pyridine rings is 1. The Hall–Kier alpha value is -1.58. The van der Waals surface area contributed by atoms with Gasteiger partial charge in [0.2, 0.25) is 0 Å². The molecule has 4 nitrogen and oxygen atoms in total. The number of para-hydroxylation sites is 1. The maximum atomic E-state index is 10.6. The number of carboxylic acid groups (broad SMARTS) is 1. The molecule has 1 heterocycles. The number of hydrogen-bond donors (Lipinski definition) is 2. The number of phenols is 1. The van der Waals surface area contributed by atoms with Crippen LogP contribution in [0.5, 0.6) is 5.75 Å². The number of hydrogen-bond acceptors (Lipinski definition) is 3. The molecule has 0 bridgehead atoms. The molecule has 1 radical (unpaired) electrons. The van der Waals surface area contributed by atoms with Crippen molar-refractivity contribution < 1.29 is 32.1 Å². The van der Waals surface area contributed by atoms with Gasteiger partial charge in [-0.1, -0.05) is 18.2 Å². The first kappa shape index (κ1) is 11.5. The summed E-state index contributed by atoms with van der Waals surface area (Å²) < 4.78 is 0. The second kappa shape index (κ2) is 4.29. The van der Waals surface area contributed by atoms with Crippen molar-refractivity contribution in [3.05, 3.63) is 36.0 Å². The average molecular weight is 253 g/mol. The molecule has 0 aliphatic carbocycles. The Bertz CT molecular complexity index is 513. The van der Waals surface area contributed by atoms with Gasteiger partial charge in [0.05, 0.1) is 0 Å². The number of aromatic hydroxyl groups is 1. The summed E-state index contributed by atoms with van der Waals surface area (Å²) in [5, 5.41) is 18.8. The minimum Gasteiger partial charge on any atom is -0.506 e. The quantitative estimate of drug-likeness (QED) is 0.757. The number of carboxylic acids is 1. The molecule has 0 aliphatic rings. The molecule has 2 N–H and O–H groups in total. The van der Waals surface area contributed by atoms with E-state index in [0.717, 1.165) is 5.39 Å². The van der Waals surface area contributed by atoms with E-state index in [4.69, 9.17) is 5.11 Å². The molecular formula is C10H7CuNO3. The van der Waals surface area contributed by atoms with E-state index >= 15 is 0 Å². The van der Waals surface area contributed by atoms with Crippen LogP contribution in [0, 0.1) is 0 Å². The molecule has 0 saturated heterocycles. The summed E-state index contributed by atoms with van der Waals surface area (Å²) in [6, 6.07) is 7.93. The van der Waals surface area contributed by atoms with Gasteiger partial charge in [-0.15, -0.1) is 0 Å². The maximum Gasteiger partial charge on any atom is 0.354 e. The third kappa shape index (κ3) is 2.09. The molecule has 0 saturated carbocycles. The van der Waals surface area contributed by atoms with E-state index in [9.17, 15) is 9.90 Å². The first-order valence-electron chi connectivity index (χ1n) is 4.00. The van der Waals surface area contributed by atoms with Gasteiger partial charge in [0.1, 0.15) is 17.0 Å². The largest absolute Gasteiger partial charge is 0.506 e. The molecule has 2 aromatic rings. The summed E-state index contributed by atoms with van der Waals surface area (Å²) in [6.45, 7) is 0. The molecule has 0 aliphatic heterocycles. The zero-order chi connectivity index (χ0) is 10.1. The Morgan fingerprint density at radius 3 is 2.60 bits per heavy atom. The minimum absolute atomic E-state index is 0. The molecule has 81 valence electrons. The summed E-state index contributed by atoms with van der Waals surface area (Å²) in [7, 11) is 0. The van der Waals surface area contributed by atoms with Crippen LogP contribution in [0.4, 0.5) is 0 Å². The third-order valence-electron chi connectivity index (χ3n) is 1.92. The Morgan fingerprint density at radius 2 is 1.93 bits per heavy atom. The van der Waals surface area contributed by atoms with E-state index < -0.39 is 5.97 Å². The van der Waals surface area contributed by atoms with Gasteiger partial charge < -0.3 is 10.2 Å². The fourth-order valence-corrected chi connectivity index (χ4v) is 1.25. The fourth-order valence-electron chi connectivity index (χ4n) is 1.25. The van der Waals surface area contributed by atoms with Crippen LogP contribution in [0.1, 0.15) is 10.5 Å². The smallest absolute Gasteiger partial charge is 0.354 e. The van der Waals surface area contributed by atoms with Gasteiger partial charge in [-0.05, 0) is 12.1 Å². The van der Waals surface area contributed by atoms with E-state index in [1.54, 1.807) is 18.2 Å². The van der Waals surface area contributed by atoms with Gasteiger partial charge >= 0.3 is 5.97 Å². The summed E-state index contributed by atoms with van der Waals surface area (Å²) in [5.41, 5.74) is 0.242. The topological polar surface area (TPSA) is 70.4 Å². The minimum atomic E-state index is -1.10. The Kier molecular flexibility index (Phi) is 3.29. The van der Waals surface area contributed by atoms with E-state index in [-0.39, 0.29) is 28.5 Å². The number of carbonyl (C=O) groups is 1. The van der Waals surface area contributed by atoms with Crippen LogP contribution in [0.25, 0.3) is 10.9 Å². The van der Waals surface area contributed by atoms with E-state index in [1.807, 2.05) is 0 Å². The monoisotopic (exact) mass is 252 g/mol. The predicted molar refractivity (Wildman–Crippen MR) is 50.4 cm³/mol. The van der Waals surface area contributed by atoms with Crippen LogP contribution in [0.15, 0.2) is 30.3 Å². The second-order valence-corrected chi connectivity index (χ2v) is 2.85. The third-order valence-corrected chi connectivity index (χ3v) is 1.92. The van der Waals surface area contributed by atoms with E-state index in [0.29, 0.717) is 5.52 Å². The van der Waals surface area contributed by atoms with Crippen LogP contribution in [-0.2, 0) is 17.1 Å². The SMILES string of the molecule is O=C(O)c1ccc2cccc(O)c2n1.[Cu]. The van der Waals surface area contributed by atoms with E-state index in [2.05, 4.69) is 4.98 Å². The summed E-state index contributed by atoms with van der Waals surface area (Å²) in [5.74, 6) is -1.11. The number of fused-ring (bicyclic) bond motifs is 1. The van der Waals surface area contributed by atoms with Gasteiger partial charge in [0.15, 0.2) is 0 Å². The van der Waals surface area contributed by atoms with Crippen LogP contribution < -0.4 is 0 Å². The molecule has 0 amide bonds. The molecule has 0 atom stereocenters. The van der Waals surface area contributed by atoms with Crippen molar-refractivity contribution in [1.29, 1.82) is 0 Å². The standard InChI is InChI=1S/C10H7NO3.Cu/c12-8-3-1-2-6-4-5-7(10(13)14)11-9(6)8;/h1-5,12H,(H,13,14);. The molecule has 15 heavy (non-hydrogen) atoms. The first-order valence-corrected chi connectivity index (χ1v) is 4.00. The van der Waals surface area contributed by atoms with E-state index in [1.165, 1.54) is 12.1 Å². The molecule has 0 fully saturated rings. The number of aromatic nitrogens is 1. The molecular weight excluding hydrogens is 246 g/mol. The van der Waals surface area contributed by atoms with Crippen LogP contribution >= 0.6 is 0 Å². The molecule has 1 aromatic heterocycles. The zero-order valence-corrected chi connectivity index (χ0v) is 8.38. The van der Waals surface area contributed by atoms with Crippen molar-refractivity contribution in [2.45, 2.75) is 0 Å². The van der Waals surface area contributed by atoms with Crippen molar-refractivity contribution in [3.8, 4) is 5.75 Å². The normalized spacial score (nSPS) is 9.60. The van der Waals surface area contributed by atoms with Crippen LogP contribution in [-0.4, -0.2) is 21.2 Å². The molecule has 0 spiro atoms. The van der Waals surface area contributed by atoms with Gasteiger partial charge in [-0.2, -0.15) is 0 Å². The Morgan fingerprint density at radius 1 is 1.20 bits per heavy atom. The fraction of sp³-hybridized carbons (Fsp3) is 0. The summed E-state index contributed by atoms with van der Waals surface area (Å²) >= 11 is 0. The zero-order valence-electron chi connectivity index (χ0n) is 7.44. The number of benzene rings is 1. The summed E-state index contributed by atoms with van der Waals surface area (Å²) in [6.07, 6.45) is 0. The second-order valence-electron chi connectivity index (χ2n) is 2.85. The van der Waals surface area contributed by atoms with Crippen molar-refractivity contribution >= 4 is 16.9 Å². The van der Waals surface area contributed by atoms with Crippen LogP contribution in [0.3, 0.4) is 0 Å². The maximum absolute atomic E-state index is 10.6. The van der Waals surface area contributed by atoms with Gasteiger partial charge in [0.25, 0.3) is 0 Å². The number of phenolic OH excluding ortho intramolecular Hbond substituents is 1. The Labute approximate surface area is 96.0 Å². The van der Waals surface area contributed by atoms with Crippen molar-refractivity contribution in [1.82, 2.24) is 4.98 Å². The van der Waals surface area contributed by atoms with Crippen molar-refractivity contribution in [3.63, 3.8) is 0 Å². The Balaban J connectivity index is 0.00000112. The first-order chi connectivity index (χ1) is 6.68. The molecule has 0 unspecified atom stereocenters. The van der Waals surface area contributed by atoms with Gasteiger partial charge in [-0.3, -0.25) is 0 Å².